The predicted octanol–water partition coefficient (Wildman–Crippen LogP) is 15.2. The first-order valence-corrected chi connectivity index (χ1v) is 24.5. The van der Waals surface area contributed by atoms with E-state index in [0.717, 1.165) is 43.3 Å². The van der Waals surface area contributed by atoms with Gasteiger partial charge in [0.05, 0.1) is 20.3 Å². The van der Waals surface area contributed by atoms with Crippen LogP contribution in [0.2, 0.25) is 0 Å². The van der Waals surface area contributed by atoms with Crippen molar-refractivity contribution < 1.29 is 14.2 Å². The summed E-state index contributed by atoms with van der Waals surface area (Å²) in [6, 6.07) is 26.1. The molecular weight excluding hydrogens is 692 g/mol. The molecule has 55 heavy (non-hydrogen) atoms. The molecule has 0 heterocycles. The molecule has 0 atom stereocenters. The Labute approximate surface area is 340 Å². The van der Waals surface area contributed by atoms with E-state index in [-0.39, 0.29) is 0 Å². The Morgan fingerprint density at radius 2 is 0.618 bits per heavy atom. The molecule has 0 bridgehead atoms. The monoisotopic (exact) mass is 773 g/mol. The molecule has 0 fully saturated rings. The predicted molar refractivity (Wildman–Crippen MR) is 243 cm³/mol. The zero-order valence-electron chi connectivity index (χ0n) is 35.8. The van der Waals surface area contributed by atoms with Crippen LogP contribution in [0.3, 0.4) is 0 Å². The Bertz CT molecular complexity index is 1250. The maximum atomic E-state index is 6.34. The molecule has 0 unspecified atom stereocenters. The zero-order chi connectivity index (χ0) is 38.9. The van der Waals surface area contributed by atoms with E-state index < -0.39 is 7.92 Å². The van der Waals surface area contributed by atoms with Gasteiger partial charge in [-0.3, -0.25) is 0 Å². The van der Waals surface area contributed by atoms with E-state index in [1.54, 1.807) is 7.11 Å². The Hall–Kier alpha value is -2.51. The van der Waals surface area contributed by atoms with E-state index in [0.29, 0.717) is 0 Å². The summed E-state index contributed by atoms with van der Waals surface area (Å²) in [6.45, 7) is 6.15. The highest BCUT2D eigenvalue weighted by Crippen LogP contribution is 2.36. The first-order chi connectivity index (χ1) is 27.2. The number of unbranched alkanes of at least 4 members (excludes halogenated alkanes) is 26. The summed E-state index contributed by atoms with van der Waals surface area (Å²) in [4.78, 5) is 0. The third-order valence-electron chi connectivity index (χ3n) is 11.0. The molecular formula is C51H81O3P. The Kier molecular flexibility index (Phi) is 27.7. The van der Waals surface area contributed by atoms with E-state index in [1.165, 1.54) is 183 Å². The number of rotatable bonds is 36. The molecule has 0 saturated carbocycles. The Balaban J connectivity index is 1.40. The minimum absolute atomic E-state index is 0.779. The van der Waals surface area contributed by atoms with Crippen molar-refractivity contribution in [2.45, 2.75) is 194 Å². The van der Waals surface area contributed by atoms with Crippen LogP contribution < -0.4 is 30.1 Å². The zero-order valence-corrected chi connectivity index (χ0v) is 36.7. The van der Waals surface area contributed by atoms with Crippen molar-refractivity contribution >= 4 is 23.8 Å². The molecule has 308 valence electrons. The van der Waals surface area contributed by atoms with Gasteiger partial charge in [-0.05, 0) is 73.1 Å². The van der Waals surface area contributed by atoms with E-state index in [4.69, 9.17) is 14.2 Å². The molecule has 3 aromatic rings. The van der Waals surface area contributed by atoms with Crippen LogP contribution in [0.1, 0.15) is 194 Å². The third kappa shape index (κ3) is 22.1. The van der Waals surface area contributed by atoms with Gasteiger partial charge in [0.15, 0.2) is 0 Å². The lowest BCUT2D eigenvalue weighted by Crippen LogP contribution is -2.21. The molecule has 0 aliphatic rings. The largest absolute Gasteiger partial charge is 0.497 e. The summed E-state index contributed by atoms with van der Waals surface area (Å²) in [6.07, 6.45) is 38.4. The molecule has 0 N–H and O–H groups in total. The fraction of sp³-hybridized carbons (Fsp3) is 0.647. The lowest BCUT2D eigenvalue weighted by Gasteiger charge is -2.21. The van der Waals surface area contributed by atoms with Gasteiger partial charge in [-0.25, -0.2) is 0 Å². The molecule has 0 aromatic heterocycles. The van der Waals surface area contributed by atoms with Crippen LogP contribution in [0, 0.1) is 0 Å². The summed E-state index contributed by atoms with van der Waals surface area (Å²) < 4.78 is 18.3. The summed E-state index contributed by atoms with van der Waals surface area (Å²) in [5.41, 5.74) is 0. The second kappa shape index (κ2) is 32.6. The van der Waals surface area contributed by atoms with Gasteiger partial charge >= 0.3 is 0 Å². The Morgan fingerprint density at radius 3 is 0.927 bits per heavy atom. The second-order valence-electron chi connectivity index (χ2n) is 15.9. The number of benzene rings is 3. The number of hydrogen-bond acceptors (Lipinski definition) is 3. The van der Waals surface area contributed by atoms with Gasteiger partial charge in [-0.15, -0.1) is 0 Å². The van der Waals surface area contributed by atoms with Gasteiger partial charge in [0.25, 0.3) is 0 Å². The summed E-state index contributed by atoms with van der Waals surface area (Å²) in [5.74, 6) is 2.82. The average Bonchev–Trinajstić information content (AvgIpc) is 3.21. The van der Waals surface area contributed by atoms with Crippen LogP contribution >= 0.6 is 7.92 Å². The molecule has 3 nitrogen and oxygen atoms in total. The maximum absolute atomic E-state index is 6.34. The number of hydrogen-bond donors (Lipinski definition) is 0. The minimum atomic E-state index is -0.817. The molecule has 0 saturated heterocycles. The number of methoxy groups -OCH3 is 1. The van der Waals surface area contributed by atoms with Crippen LogP contribution in [0.25, 0.3) is 0 Å². The van der Waals surface area contributed by atoms with E-state index in [1.807, 2.05) is 6.07 Å². The van der Waals surface area contributed by atoms with Gasteiger partial charge in [-0.1, -0.05) is 217 Å². The highest BCUT2D eigenvalue weighted by molar-refractivity contribution is 7.79. The van der Waals surface area contributed by atoms with Gasteiger partial charge < -0.3 is 14.2 Å². The van der Waals surface area contributed by atoms with E-state index >= 15 is 0 Å². The molecule has 3 rings (SSSR count). The average molecular weight is 773 g/mol. The fourth-order valence-electron chi connectivity index (χ4n) is 7.59. The van der Waals surface area contributed by atoms with Crippen molar-refractivity contribution in [3.05, 3.63) is 72.8 Å². The van der Waals surface area contributed by atoms with Crippen molar-refractivity contribution in [3.8, 4) is 17.2 Å². The lowest BCUT2D eigenvalue weighted by atomic mass is 10.0. The van der Waals surface area contributed by atoms with Crippen molar-refractivity contribution in [1.82, 2.24) is 0 Å². The highest BCUT2D eigenvalue weighted by atomic mass is 31.1. The first-order valence-electron chi connectivity index (χ1n) is 23.1. The molecule has 3 aromatic carbocycles. The van der Waals surface area contributed by atoms with Gasteiger partial charge in [0, 0.05) is 0 Å². The van der Waals surface area contributed by atoms with Crippen LogP contribution in [0.5, 0.6) is 17.2 Å². The fourth-order valence-corrected chi connectivity index (χ4v) is 9.96. The summed E-state index contributed by atoms with van der Waals surface area (Å²) in [7, 11) is 0.931. The smallest absolute Gasteiger partial charge is 0.119 e. The second-order valence-corrected chi connectivity index (χ2v) is 18.1. The van der Waals surface area contributed by atoms with Crippen LogP contribution in [0.15, 0.2) is 72.8 Å². The molecule has 4 heteroatoms. The van der Waals surface area contributed by atoms with Gasteiger partial charge in [-0.2, -0.15) is 0 Å². The van der Waals surface area contributed by atoms with Crippen molar-refractivity contribution in [3.63, 3.8) is 0 Å². The normalized spacial score (nSPS) is 11.3. The Morgan fingerprint density at radius 1 is 0.345 bits per heavy atom. The standard InChI is InChI=1S/C51H81O3P/c1-4-6-8-10-12-14-16-18-20-22-24-26-28-30-41-53-47-36-33-39-50(44-47)55(49-38-32-35-46(43-49)52-3)51-40-34-37-48(45-51)54-42-31-29-27-25-23-21-19-17-15-13-11-9-7-5-2/h32-40,43-45H,4-31,41-42H2,1-3H3. The maximum Gasteiger partial charge on any atom is 0.119 e. The summed E-state index contributed by atoms with van der Waals surface area (Å²) >= 11 is 0. The lowest BCUT2D eigenvalue weighted by molar-refractivity contribution is 0.304. The van der Waals surface area contributed by atoms with E-state index in [9.17, 15) is 0 Å². The molecule has 0 radical (unpaired) electrons. The van der Waals surface area contributed by atoms with Crippen molar-refractivity contribution in [1.29, 1.82) is 0 Å². The summed E-state index contributed by atoms with van der Waals surface area (Å²) in [5, 5.41) is 3.83. The van der Waals surface area contributed by atoms with Crippen LogP contribution in [-0.2, 0) is 0 Å². The topological polar surface area (TPSA) is 27.7 Å². The molecule has 0 aliphatic carbocycles. The third-order valence-corrected chi connectivity index (χ3v) is 13.4. The highest BCUT2D eigenvalue weighted by Gasteiger charge is 2.19. The van der Waals surface area contributed by atoms with Crippen molar-refractivity contribution in [2.24, 2.45) is 0 Å². The first kappa shape index (κ1) is 46.9. The van der Waals surface area contributed by atoms with E-state index in [2.05, 4.69) is 80.6 Å². The molecule has 0 spiro atoms. The van der Waals surface area contributed by atoms with Gasteiger partial charge in [0.2, 0.25) is 0 Å². The quantitative estimate of drug-likeness (QED) is 0.0435. The van der Waals surface area contributed by atoms with Crippen molar-refractivity contribution in [2.75, 3.05) is 20.3 Å². The minimum Gasteiger partial charge on any atom is -0.497 e. The SMILES string of the molecule is CCCCCCCCCCCCCCCCOc1cccc(P(c2cccc(OC)c2)c2cccc(OCCCCCCCCCCCCCCCC)c2)c1. The molecule has 0 amide bonds. The van der Waals surface area contributed by atoms with Gasteiger partial charge in [0.1, 0.15) is 17.2 Å². The number of ether oxygens (including phenoxy) is 3. The van der Waals surface area contributed by atoms with Crippen LogP contribution in [-0.4, -0.2) is 20.3 Å². The van der Waals surface area contributed by atoms with Crippen LogP contribution in [0.4, 0.5) is 0 Å². The molecule has 0 aliphatic heterocycles.